The maximum Gasteiger partial charge on any atom is 0.264 e. The van der Waals surface area contributed by atoms with Gasteiger partial charge in [-0.1, -0.05) is 0 Å². The van der Waals surface area contributed by atoms with Crippen LogP contribution in [0.3, 0.4) is 0 Å². The van der Waals surface area contributed by atoms with E-state index in [1.807, 2.05) is 0 Å². The Bertz CT molecular complexity index is 3040. The molecule has 30 rings (SSSR count). The molecule has 40 atom stereocenters. The van der Waals surface area contributed by atoms with Gasteiger partial charge in [-0.05, 0) is 0 Å². The van der Waals surface area contributed by atoms with Gasteiger partial charge in [0.2, 0.25) is 0 Å². The van der Waals surface area contributed by atoms with Crippen molar-refractivity contribution >= 4 is 20.2 Å². The molecule has 0 aromatic rings. The number of rotatable bonds is 34. The van der Waals surface area contributed by atoms with Gasteiger partial charge in [0.05, 0.1) is 65.4 Å². The van der Waals surface area contributed by atoms with Gasteiger partial charge in [-0.25, -0.2) is 0 Å². The highest BCUT2D eigenvalue weighted by Crippen LogP contribution is 2.44. The summed E-state index contributed by atoms with van der Waals surface area (Å²) in [6.07, 6.45) is -47.0. The van der Waals surface area contributed by atoms with E-state index in [1.165, 1.54) is 156 Å². The SMILES string of the molecule is COC[C@@H]1O[C@@H]2O[C@H]3[C@H](OC)[C@@H](OC)[C@@H](O[C@H]4[C@H](OC)[C@@H](OC)[C@@H](O[C@H]5[C@@H](OC)[C@@H](OC)[C@@H](O[C@H]6[C@H](OC)[C@@H](OC)[C@@H](O[C@H]7[C@@H](OC)[C@H](OC)[C@@H](O[C@H]8[C@H](OC)[C@@H](OC)[C@@H](O[C@H]9[C@H](OC)[C@@H](OC)[C@@H](O[C@H]1[C@H](OC)[C@H]2OC)O[C@H]9COC)O[C@@H]8COC)O[C@@H]7COS(C)(=O)=O)O[C@@H]6COC)O[C@@H]5COC)O[C@@H]4COS(C)(=O)=O)O[C@H]3COC. The Morgan fingerprint density at radius 3 is 0.373 bits per heavy atom. The van der Waals surface area contributed by atoms with Crippen molar-refractivity contribution in [3.05, 3.63) is 0 Å². The zero-order chi connectivity index (χ0) is 86.0. The molecule has 0 radical (unpaired) electrons. The van der Waals surface area contributed by atoms with E-state index in [0.717, 1.165) is 12.5 Å². The second-order valence-electron chi connectivity index (χ2n) is 29.1. The van der Waals surface area contributed by atoms with Crippen molar-refractivity contribution in [2.24, 2.45) is 0 Å². The molecule has 0 aliphatic carbocycles. The quantitative estimate of drug-likeness (QED) is 0.0578. The first-order chi connectivity index (χ1) is 56.8. The number of methoxy groups -OCH3 is 22. The van der Waals surface area contributed by atoms with E-state index in [2.05, 4.69) is 0 Å². The smallest absolute Gasteiger partial charge is 0.264 e. The van der Waals surface area contributed by atoms with Gasteiger partial charge in [-0.15, -0.1) is 0 Å². The number of ether oxygens (including phenoxy) is 38. The summed E-state index contributed by atoms with van der Waals surface area (Å²) in [5.41, 5.74) is 0. The molecule has 0 unspecified atom stereocenters. The van der Waals surface area contributed by atoms with Crippen LogP contribution in [0.5, 0.6) is 0 Å². The number of hydrogen-bond acceptors (Lipinski definition) is 44. The van der Waals surface area contributed by atoms with Crippen LogP contribution < -0.4 is 0 Å². The van der Waals surface area contributed by atoms with Gasteiger partial charge in [0.1, 0.15) is 195 Å². The molecule has 692 valence electrons. The first-order valence-corrected chi connectivity index (χ1v) is 42.0. The Kier molecular flexibility index (Phi) is 40.2. The minimum absolute atomic E-state index is 0.123. The lowest BCUT2D eigenvalue weighted by molar-refractivity contribution is -0.409. The molecule has 30 aliphatic heterocycles. The molecule has 46 heteroatoms. The molecule has 0 spiro atoms. The van der Waals surface area contributed by atoms with Gasteiger partial charge in [-0.2, -0.15) is 16.8 Å². The molecule has 30 aliphatic rings. The fourth-order valence-electron chi connectivity index (χ4n) is 17.0. The van der Waals surface area contributed by atoms with Gasteiger partial charge >= 0.3 is 0 Å². The lowest BCUT2D eigenvalue weighted by atomic mass is 9.94. The highest BCUT2D eigenvalue weighted by Gasteiger charge is 2.63. The van der Waals surface area contributed by atoms with Crippen LogP contribution in [-0.4, -0.2) is 484 Å². The average molecular weight is 1760 g/mol. The molecule has 0 aromatic heterocycles. The monoisotopic (exact) mass is 1760 g/mol. The predicted octanol–water partition coefficient (Wildman–Crippen LogP) is -3.05. The third-order valence-electron chi connectivity index (χ3n) is 22.3. The Hall–Kier alpha value is -1.70. The van der Waals surface area contributed by atoms with Crippen LogP contribution >= 0.6 is 0 Å². The van der Waals surface area contributed by atoms with E-state index in [-0.39, 0.29) is 39.6 Å². The summed E-state index contributed by atoms with van der Waals surface area (Å²) in [5.74, 6) is 0. The molecule has 30 fully saturated rings. The highest BCUT2D eigenvalue weighted by molar-refractivity contribution is 7.86. The van der Waals surface area contributed by atoms with Gasteiger partial charge in [0, 0.05) is 156 Å². The summed E-state index contributed by atoms with van der Waals surface area (Å²) in [4.78, 5) is 0. The van der Waals surface area contributed by atoms with Crippen LogP contribution in [0, 0.1) is 0 Å². The van der Waals surface area contributed by atoms with Gasteiger partial charge in [0.15, 0.2) is 50.3 Å². The van der Waals surface area contributed by atoms with Crippen LogP contribution in [0.4, 0.5) is 0 Å². The highest BCUT2D eigenvalue weighted by atomic mass is 32.2. The lowest BCUT2D eigenvalue weighted by Crippen LogP contribution is -2.70. The van der Waals surface area contributed by atoms with Gasteiger partial charge < -0.3 is 180 Å². The molecule has 30 heterocycles. The zero-order valence-corrected chi connectivity index (χ0v) is 73.2. The van der Waals surface area contributed by atoms with Crippen molar-refractivity contribution in [2.75, 3.05) is 222 Å². The van der Waals surface area contributed by atoms with E-state index in [4.69, 9.17) is 188 Å². The van der Waals surface area contributed by atoms with Crippen LogP contribution in [-0.2, 0) is 209 Å². The molecule has 118 heavy (non-hydrogen) atoms. The third kappa shape index (κ3) is 23.1. The van der Waals surface area contributed by atoms with E-state index in [0.29, 0.717) is 0 Å². The molecule has 0 N–H and O–H groups in total. The normalized spacial score (nSPS) is 44.6. The Labute approximate surface area is 690 Å². The molecule has 16 bridgehead atoms. The van der Waals surface area contributed by atoms with Gasteiger partial charge in [-0.3, -0.25) is 8.37 Å². The Balaban J connectivity index is 1.15. The molecular formula is C72H128O44S2. The van der Waals surface area contributed by atoms with E-state index < -0.39 is 279 Å². The maximum atomic E-state index is 13.1. The summed E-state index contributed by atoms with van der Waals surface area (Å²) < 4.78 is 310. The van der Waals surface area contributed by atoms with Crippen molar-refractivity contribution in [3.8, 4) is 0 Å². The summed E-state index contributed by atoms with van der Waals surface area (Å²) in [5, 5.41) is 0. The first-order valence-electron chi connectivity index (χ1n) is 38.4. The van der Waals surface area contributed by atoms with Crippen LogP contribution in [0.2, 0.25) is 0 Å². The Morgan fingerprint density at radius 2 is 0.280 bits per heavy atom. The minimum atomic E-state index is -4.21. The van der Waals surface area contributed by atoms with Crippen LogP contribution in [0.15, 0.2) is 0 Å². The van der Waals surface area contributed by atoms with Crippen molar-refractivity contribution in [3.63, 3.8) is 0 Å². The first kappa shape index (κ1) is 100. The van der Waals surface area contributed by atoms with Crippen molar-refractivity contribution in [2.45, 2.75) is 246 Å². The topological polar surface area (TPSA) is 437 Å². The predicted molar refractivity (Wildman–Crippen MR) is 394 cm³/mol. The molecule has 30 saturated heterocycles. The second kappa shape index (κ2) is 47.4. The molecule has 0 aromatic carbocycles. The zero-order valence-electron chi connectivity index (χ0n) is 71.5. The fraction of sp³-hybridized carbons (Fsp3) is 1.00. The van der Waals surface area contributed by atoms with Crippen molar-refractivity contribution < 1.29 is 205 Å². The summed E-state index contributed by atoms with van der Waals surface area (Å²) in [6, 6.07) is 0. The van der Waals surface area contributed by atoms with Crippen molar-refractivity contribution in [1.82, 2.24) is 0 Å². The summed E-state index contributed by atoms with van der Waals surface area (Å²) in [6.45, 7) is -2.30. The van der Waals surface area contributed by atoms with Crippen LogP contribution in [0.25, 0.3) is 0 Å². The standard InChI is InChI=1S/C72H128O44S2/c1-77-25-33-41-49(83-7)58(92-16)66(102-33)111-43-35(27-79-3)105-69(61(95-19)51(43)85-9)115-47-39(31-99-117(23,73)74)108-72(64(98-22)55(47)89-13)114-46-38(30-82-6)104-68(60(94-18)54(46)88-12)112-44-36(28-80-4)106-70(62(96-20)52(44)86-10)116-48-40(32-100-118(24,75)76)107-71(63(97-21)56(48)90-14)113-45-37(29-81-5)103-67(59(93-17)53(45)87-11)110-42-34(26-78-2)101-65(109-41)57(91-15)50(42)84-8/h33-72H,25-32H2,1-24H3/t33-,34-,35-,36+,37+,38+,39+,40+,41+,42+,43+,44+,45+,46+,47+,48+,49-,50-,51-,52-,53-,54+,55-,56+,57+,58+,59+,60+,61+,62+,63-,64+,65+,66+,67+,68+,69+,70+,71+,72+/m0/s1. The third-order valence-corrected chi connectivity index (χ3v) is 23.4. The second-order valence-corrected chi connectivity index (χ2v) is 32.4. The van der Waals surface area contributed by atoms with Gasteiger partial charge in [0.25, 0.3) is 20.2 Å². The number of hydrogen-bond donors (Lipinski definition) is 0. The summed E-state index contributed by atoms with van der Waals surface area (Å²) in [7, 11) is 23.0. The van der Waals surface area contributed by atoms with E-state index in [9.17, 15) is 16.8 Å². The fourth-order valence-corrected chi connectivity index (χ4v) is 17.8. The summed E-state index contributed by atoms with van der Waals surface area (Å²) >= 11 is 0. The Morgan fingerprint density at radius 1 is 0.169 bits per heavy atom. The van der Waals surface area contributed by atoms with E-state index >= 15 is 0 Å². The largest absolute Gasteiger partial charge is 0.382 e. The molecular weight excluding hydrogens is 1630 g/mol. The van der Waals surface area contributed by atoms with Crippen LogP contribution in [0.1, 0.15) is 0 Å². The molecule has 0 amide bonds. The van der Waals surface area contributed by atoms with E-state index in [1.54, 1.807) is 0 Å². The lowest BCUT2D eigenvalue weighted by Gasteiger charge is -2.53. The van der Waals surface area contributed by atoms with Crippen molar-refractivity contribution in [1.29, 1.82) is 0 Å². The maximum absolute atomic E-state index is 13.1. The average Bonchev–Trinajstić information content (AvgIpc) is 0.761. The molecule has 0 saturated carbocycles. The minimum Gasteiger partial charge on any atom is -0.382 e. The molecule has 44 nitrogen and oxygen atoms in total.